The van der Waals surface area contributed by atoms with Crippen molar-refractivity contribution in [2.45, 2.75) is 13.0 Å². The average molecular weight is 218 g/mol. The van der Waals surface area contributed by atoms with Crippen molar-refractivity contribution in [2.75, 3.05) is 0 Å². The number of H-pyrrole nitrogens is 1. The van der Waals surface area contributed by atoms with Gasteiger partial charge in [0.1, 0.15) is 0 Å². The first-order valence-corrected chi connectivity index (χ1v) is 3.95. The zero-order valence-corrected chi connectivity index (χ0v) is 7.46. The lowest BCUT2D eigenvalue weighted by Crippen LogP contribution is -2.21. The van der Waals surface area contributed by atoms with Crippen molar-refractivity contribution in [3.63, 3.8) is 0 Å². The van der Waals surface area contributed by atoms with Gasteiger partial charge in [-0.15, -0.1) is 0 Å². The van der Waals surface area contributed by atoms with E-state index in [9.17, 15) is 18.4 Å². The number of rotatable bonds is 3. The molecule has 4 N–H and O–H groups in total. The van der Waals surface area contributed by atoms with Gasteiger partial charge in [-0.2, -0.15) is 0 Å². The van der Waals surface area contributed by atoms with Crippen LogP contribution in [0.4, 0.5) is 8.78 Å². The molecule has 0 aliphatic rings. The molecular formula is C8H8F2N2O3. The van der Waals surface area contributed by atoms with Gasteiger partial charge in [0.25, 0.3) is 12.0 Å². The van der Waals surface area contributed by atoms with Crippen LogP contribution in [0.2, 0.25) is 0 Å². The average Bonchev–Trinajstić information content (AvgIpc) is 2.16. The number of halogens is 2. The third-order valence-electron chi connectivity index (χ3n) is 1.82. The summed E-state index contributed by atoms with van der Waals surface area (Å²) in [6.45, 7) is -0.209. The summed E-state index contributed by atoms with van der Waals surface area (Å²) in [5.41, 5.74) is 2.77. The number of nitrogens with one attached hydrogen (secondary N) is 1. The van der Waals surface area contributed by atoms with Crippen molar-refractivity contribution < 1.29 is 18.7 Å². The molecular weight excluding hydrogens is 210 g/mol. The van der Waals surface area contributed by atoms with E-state index in [1.807, 2.05) is 4.98 Å². The predicted octanol–water partition coefficient (Wildman–Crippen LogP) is 0.469. The molecule has 0 saturated carbocycles. The molecule has 0 unspecified atom stereocenters. The monoisotopic (exact) mass is 218 g/mol. The number of aromatic carboxylic acids is 1. The van der Waals surface area contributed by atoms with E-state index in [2.05, 4.69) is 0 Å². The Morgan fingerprint density at radius 3 is 2.60 bits per heavy atom. The molecule has 5 nitrogen and oxygen atoms in total. The van der Waals surface area contributed by atoms with Crippen LogP contribution in [-0.2, 0) is 6.54 Å². The van der Waals surface area contributed by atoms with Gasteiger partial charge in [-0.25, -0.2) is 13.6 Å². The van der Waals surface area contributed by atoms with Gasteiger partial charge in [-0.3, -0.25) is 4.79 Å². The summed E-state index contributed by atoms with van der Waals surface area (Å²) in [5.74, 6) is -1.53. The van der Waals surface area contributed by atoms with Crippen LogP contribution in [0.5, 0.6) is 0 Å². The highest BCUT2D eigenvalue weighted by Gasteiger charge is 2.20. The zero-order valence-electron chi connectivity index (χ0n) is 7.46. The number of carbonyl (C=O) groups is 1. The fourth-order valence-corrected chi connectivity index (χ4v) is 1.09. The maximum Gasteiger partial charge on any atom is 0.337 e. The van der Waals surface area contributed by atoms with E-state index >= 15 is 0 Å². The van der Waals surface area contributed by atoms with Crippen molar-refractivity contribution >= 4 is 5.97 Å². The maximum absolute atomic E-state index is 12.3. The lowest BCUT2D eigenvalue weighted by Gasteiger charge is -2.06. The lowest BCUT2D eigenvalue weighted by molar-refractivity contribution is 0.0682. The third-order valence-corrected chi connectivity index (χ3v) is 1.82. The number of hydrogen-bond donors (Lipinski definition) is 3. The van der Waals surface area contributed by atoms with Crippen LogP contribution >= 0.6 is 0 Å². The molecule has 1 aromatic rings. The molecule has 0 bridgehead atoms. The number of aromatic amines is 1. The van der Waals surface area contributed by atoms with E-state index in [4.69, 9.17) is 10.8 Å². The second-order valence-corrected chi connectivity index (χ2v) is 2.76. The van der Waals surface area contributed by atoms with Gasteiger partial charge in [0.2, 0.25) is 0 Å². The van der Waals surface area contributed by atoms with E-state index in [1.165, 1.54) is 0 Å². The van der Waals surface area contributed by atoms with Crippen LogP contribution in [0.15, 0.2) is 10.9 Å². The SMILES string of the molecule is NCc1cc(C(=O)O)c(C(F)F)[nH]c1=O. The van der Waals surface area contributed by atoms with Gasteiger partial charge in [0.15, 0.2) is 0 Å². The van der Waals surface area contributed by atoms with Crippen molar-refractivity contribution in [2.24, 2.45) is 5.73 Å². The fourth-order valence-electron chi connectivity index (χ4n) is 1.09. The minimum atomic E-state index is -3.05. The number of carboxylic acid groups (broad SMARTS) is 1. The largest absolute Gasteiger partial charge is 0.478 e. The van der Waals surface area contributed by atoms with Gasteiger partial charge >= 0.3 is 5.97 Å². The first-order valence-electron chi connectivity index (χ1n) is 3.95. The van der Waals surface area contributed by atoms with Crippen LogP contribution in [0.25, 0.3) is 0 Å². The van der Waals surface area contributed by atoms with E-state index in [1.54, 1.807) is 0 Å². The Bertz CT molecular complexity index is 442. The summed E-state index contributed by atoms with van der Waals surface area (Å²) in [5, 5.41) is 8.63. The first kappa shape index (κ1) is 11.3. The van der Waals surface area contributed by atoms with Gasteiger partial charge in [0, 0.05) is 12.1 Å². The summed E-state index contributed by atoms with van der Waals surface area (Å²) in [7, 11) is 0. The quantitative estimate of drug-likeness (QED) is 0.687. The summed E-state index contributed by atoms with van der Waals surface area (Å²) < 4.78 is 24.7. The number of alkyl halides is 2. The highest BCUT2D eigenvalue weighted by Crippen LogP contribution is 2.19. The molecule has 0 aromatic carbocycles. The number of carboxylic acids is 1. The Hall–Kier alpha value is -1.76. The minimum Gasteiger partial charge on any atom is -0.478 e. The molecule has 0 spiro atoms. The molecule has 7 heteroatoms. The summed E-state index contributed by atoms with van der Waals surface area (Å²) in [4.78, 5) is 23.5. The van der Waals surface area contributed by atoms with Crippen molar-refractivity contribution in [1.82, 2.24) is 4.98 Å². The Kier molecular flexibility index (Phi) is 3.15. The molecule has 0 aliphatic heterocycles. The van der Waals surface area contributed by atoms with Crippen molar-refractivity contribution in [3.8, 4) is 0 Å². The molecule has 82 valence electrons. The van der Waals surface area contributed by atoms with Gasteiger partial charge in [-0.1, -0.05) is 0 Å². The molecule has 0 aliphatic carbocycles. The summed E-state index contributed by atoms with van der Waals surface area (Å²) in [6.07, 6.45) is -3.05. The van der Waals surface area contributed by atoms with Crippen LogP contribution in [0.3, 0.4) is 0 Å². The van der Waals surface area contributed by atoms with E-state index in [0.29, 0.717) is 0 Å². The van der Waals surface area contributed by atoms with Crippen LogP contribution in [-0.4, -0.2) is 16.1 Å². The van der Waals surface area contributed by atoms with Crippen LogP contribution in [0.1, 0.15) is 28.0 Å². The zero-order chi connectivity index (χ0) is 11.6. The second-order valence-electron chi connectivity index (χ2n) is 2.76. The van der Waals surface area contributed by atoms with E-state index in [-0.39, 0.29) is 12.1 Å². The normalized spacial score (nSPS) is 10.7. The lowest BCUT2D eigenvalue weighted by atomic mass is 10.1. The second kappa shape index (κ2) is 4.18. The predicted molar refractivity (Wildman–Crippen MR) is 46.9 cm³/mol. The molecule has 0 amide bonds. The maximum atomic E-state index is 12.3. The Morgan fingerprint density at radius 1 is 1.60 bits per heavy atom. The third kappa shape index (κ3) is 2.18. The van der Waals surface area contributed by atoms with Crippen LogP contribution in [0, 0.1) is 0 Å². The Morgan fingerprint density at radius 2 is 2.20 bits per heavy atom. The van der Waals surface area contributed by atoms with Crippen molar-refractivity contribution in [3.05, 3.63) is 33.2 Å². The number of pyridine rings is 1. The van der Waals surface area contributed by atoms with Crippen LogP contribution < -0.4 is 11.3 Å². The Labute approximate surface area is 82.5 Å². The molecule has 15 heavy (non-hydrogen) atoms. The molecule has 0 saturated heterocycles. The molecule has 1 heterocycles. The molecule has 0 fully saturated rings. The number of aromatic nitrogens is 1. The smallest absolute Gasteiger partial charge is 0.337 e. The molecule has 1 rings (SSSR count). The standard InChI is InChI=1S/C8H8F2N2O3/c9-6(10)5-4(8(14)15)1-3(2-11)7(13)12-5/h1,6H,2,11H2,(H,12,13)(H,14,15). The van der Waals surface area contributed by atoms with Gasteiger partial charge in [-0.05, 0) is 6.07 Å². The highest BCUT2D eigenvalue weighted by molar-refractivity contribution is 5.89. The van der Waals surface area contributed by atoms with E-state index < -0.39 is 29.2 Å². The van der Waals surface area contributed by atoms with E-state index in [0.717, 1.165) is 6.07 Å². The van der Waals surface area contributed by atoms with Gasteiger partial charge < -0.3 is 15.8 Å². The Balaban J connectivity index is 3.46. The highest BCUT2D eigenvalue weighted by atomic mass is 19.3. The van der Waals surface area contributed by atoms with Gasteiger partial charge in [0.05, 0.1) is 11.3 Å². The summed E-state index contributed by atoms with van der Waals surface area (Å²) in [6, 6.07) is 0.864. The number of nitrogens with two attached hydrogens (primary N) is 1. The summed E-state index contributed by atoms with van der Waals surface area (Å²) >= 11 is 0. The molecule has 0 atom stereocenters. The number of hydrogen-bond acceptors (Lipinski definition) is 3. The first-order chi connectivity index (χ1) is 6.97. The van der Waals surface area contributed by atoms with Crippen molar-refractivity contribution in [1.29, 1.82) is 0 Å². The minimum absolute atomic E-state index is 0.0446. The fraction of sp³-hybridized carbons (Fsp3) is 0.250. The topological polar surface area (TPSA) is 96.2 Å². The molecule has 0 radical (unpaired) electrons. The molecule has 1 aromatic heterocycles.